The van der Waals surface area contributed by atoms with E-state index in [4.69, 9.17) is 4.42 Å². The number of hydrogen-bond donors (Lipinski definition) is 2. The summed E-state index contributed by atoms with van der Waals surface area (Å²) in [6, 6.07) is 8.58. The van der Waals surface area contributed by atoms with Crippen LogP contribution in [0.5, 0.6) is 5.75 Å². The predicted molar refractivity (Wildman–Crippen MR) is 94.1 cm³/mol. The van der Waals surface area contributed by atoms with Gasteiger partial charge in [0.1, 0.15) is 11.5 Å². The molecule has 2 heterocycles. The van der Waals surface area contributed by atoms with Crippen LogP contribution in [-0.4, -0.2) is 28.2 Å². The minimum absolute atomic E-state index is 0.0278. The number of rotatable bonds is 7. The molecule has 0 aliphatic heterocycles. The highest BCUT2D eigenvalue weighted by molar-refractivity contribution is 6.08. The number of nitrogens with zero attached hydrogens (tertiary/aromatic N) is 2. The van der Waals surface area contributed by atoms with E-state index in [0.717, 1.165) is 0 Å². The zero-order chi connectivity index (χ0) is 20.1. The highest BCUT2D eigenvalue weighted by Crippen LogP contribution is 2.18. The first kappa shape index (κ1) is 19.1. The number of alkyl halides is 2. The maximum atomic E-state index is 12.4. The van der Waals surface area contributed by atoms with Crippen molar-refractivity contribution in [2.45, 2.75) is 13.2 Å². The molecule has 28 heavy (non-hydrogen) atoms. The van der Waals surface area contributed by atoms with Gasteiger partial charge in [0.2, 0.25) is 0 Å². The molecule has 3 aromatic rings. The SMILES string of the molecule is Cn1cc(NC(=O)c2ccc(OC(F)F)cc2)c(C(=O)NCc2ccco2)n1. The molecule has 0 aliphatic carbocycles. The summed E-state index contributed by atoms with van der Waals surface area (Å²) in [6.07, 6.45) is 2.97. The standard InChI is InChI=1S/C18H16F2N4O4/c1-24-10-14(15(23-24)17(26)21-9-13-3-2-8-27-13)22-16(25)11-4-6-12(7-5-11)28-18(19)20/h2-8,10,18H,9H2,1H3,(H,21,26)(H,22,25). The van der Waals surface area contributed by atoms with E-state index in [1.807, 2.05) is 0 Å². The number of carbonyl (C=O) groups is 2. The second-order valence-corrected chi connectivity index (χ2v) is 5.68. The fourth-order valence-electron chi connectivity index (χ4n) is 2.39. The molecule has 0 unspecified atom stereocenters. The Labute approximate surface area is 158 Å². The Hall–Kier alpha value is -3.69. The lowest BCUT2D eigenvalue weighted by Crippen LogP contribution is -2.25. The lowest BCUT2D eigenvalue weighted by molar-refractivity contribution is -0.0498. The van der Waals surface area contributed by atoms with Crippen molar-refractivity contribution < 1.29 is 27.5 Å². The van der Waals surface area contributed by atoms with Crippen molar-refractivity contribution in [1.82, 2.24) is 15.1 Å². The Morgan fingerprint density at radius 1 is 1.21 bits per heavy atom. The maximum absolute atomic E-state index is 12.4. The first-order valence-electron chi connectivity index (χ1n) is 8.13. The number of aryl methyl sites for hydroxylation is 1. The lowest BCUT2D eigenvalue weighted by atomic mass is 10.2. The first-order chi connectivity index (χ1) is 13.4. The van der Waals surface area contributed by atoms with Gasteiger partial charge >= 0.3 is 6.61 Å². The quantitative estimate of drug-likeness (QED) is 0.646. The van der Waals surface area contributed by atoms with Gasteiger partial charge in [-0.2, -0.15) is 13.9 Å². The molecule has 0 aliphatic rings. The van der Waals surface area contributed by atoms with Crippen molar-refractivity contribution in [2.24, 2.45) is 7.05 Å². The van der Waals surface area contributed by atoms with Crippen LogP contribution < -0.4 is 15.4 Å². The van der Waals surface area contributed by atoms with Gasteiger partial charge < -0.3 is 19.8 Å². The van der Waals surface area contributed by atoms with Crippen LogP contribution in [0.4, 0.5) is 14.5 Å². The molecule has 0 fully saturated rings. The van der Waals surface area contributed by atoms with Gasteiger partial charge in [-0.05, 0) is 36.4 Å². The van der Waals surface area contributed by atoms with Crippen LogP contribution in [0.1, 0.15) is 26.6 Å². The molecule has 8 nitrogen and oxygen atoms in total. The third kappa shape index (κ3) is 4.72. The second kappa shape index (κ2) is 8.33. The highest BCUT2D eigenvalue weighted by Gasteiger charge is 2.19. The number of amides is 2. The van der Waals surface area contributed by atoms with Gasteiger partial charge in [0, 0.05) is 18.8 Å². The van der Waals surface area contributed by atoms with Crippen molar-refractivity contribution in [3.05, 3.63) is 65.9 Å². The Balaban J connectivity index is 1.68. The third-order valence-corrected chi connectivity index (χ3v) is 3.64. The zero-order valence-electron chi connectivity index (χ0n) is 14.7. The molecule has 0 bridgehead atoms. The minimum Gasteiger partial charge on any atom is -0.467 e. The van der Waals surface area contributed by atoms with Gasteiger partial charge in [-0.1, -0.05) is 0 Å². The molecule has 2 amide bonds. The molecule has 0 saturated carbocycles. The average molecular weight is 390 g/mol. The number of furan rings is 1. The van der Waals surface area contributed by atoms with Crippen LogP contribution in [0.15, 0.2) is 53.3 Å². The van der Waals surface area contributed by atoms with Crippen molar-refractivity contribution >= 4 is 17.5 Å². The van der Waals surface area contributed by atoms with E-state index in [9.17, 15) is 18.4 Å². The van der Waals surface area contributed by atoms with E-state index in [1.165, 1.54) is 41.4 Å². The van der Waals surface area contributed by atoms with Crippen molar-refractivity contribution in [3.8, 4) is 5.75 Å². The second-order valence-electron chi connectivity index (χ2n) is 5.68. The number of ether oxygens (including phenoxy) is 1. The summed E-state index contributed by atoms with van der Waals surface area (Å²) in [7, 11) is 1.61. The van der Waals surface area contributed by atoms with Crippen LogP contribution in [0.25, 0.3) is 0 Å². The normalized spacial score (nSPS) is 10.7. The van der Waals surface area contributed by atoms with E-state index in [1.54, 1.807) is 19.2 Å². The van der Waals surface area contributed by atoms with Gasteiger partial charge in [-0.25, -0.2) is 0 Å². The van der Waals surface area contributed by atoms with Gasteiger partial charge in [-0.15, -0.1) is 0 Å². The van der Waals surface area contributed by atoms with Crippen LogP contribution in [0, 0.1) is 0 Å². The summed E-state index contributed by atoms with van der Waals surface area (Å²) < 4.78 is 35.1. The van der Waals surface area contributed by atoms with Gasteiger partial charge in [0.25, 0.3) is 11.8 Å². The largest absolute Gasteiger partial charge is 0.467 e. The van der Waals surface area contributed by atoms with E-state index in [-0.39, 0.29) is 29.2 Å². The summed E-state index contributed by atoms with van der Waals surface area (Å²) in [4.78, 5) is 24.8. The number of aromatic nitrogens is 2. The molecule has 0 radical (unpaired) electrons. The highest BCUT2D eigenvalue weighted by atomic mass is 19.3. The third-order valence-electron chi connectivity index (χ3n) is 3.64. The van der Waals surface area contributed by atoms with E-state index in [0.29, 0.717) is 5.76 Å². The predicted octanol–water partition coefficient (Wildman–Crippen LogP) is 2.80. The van der Waals surface area contributed by atoms with Gasteiger partial charge in [0.05, 0.1) is 18.5 Å². The lowest BCUT2D eigenvalue weighted by Gasteiger charge is -2.07. The summed E-state index contributed by atoms with van der Waals surface area (Å²) >= 11 is 0. The Morgan fingerprint density at radius 3 is 2.61 bits per heavy atom. The Bertz CT molecular complexity index is 953. The summed E-state index contributed by atoms with van der Waals surface area (Å²) in [5.74, 6) is -0.517. The van der Waals surface area contributed by atoms with E-state index >= 15 is 0 Å². The molecule has 1 aromatic carbocycles. The number of carbonyl (C=O) groups excluding carboxylic acids is 2. The number of hydrogen-bond acceptors (Lipinski definition) is 5. The molecule has 10 heteroatoms. The van der Waals surface area contributed by atoms with Crippen LogP contribution >= 0.6 is 0 Å². The molecule has 2 aromatic heterocycles. The van der Waals surface area contributed by atoms with E-state index < -0.39 is 18.4 Å². The smallest absolute Gasteiger partial charge is 0.387 e. The summed E-state index contributed by atoms with van der Waals surface area (Å²) in [6.45, 7) is -2.78. The Morgan fingerprint density at radius 2 is 1.96 bits per heavy atom. The maximum Gasteiger partial charge on any atom is 0.387 e. The van der Waals surface area contributed by atoms with Gasteiger partial charge in [0.15, 0.2) is 5.69 Å². The Kier molecular flexibility index (Phi) is 5.68. The first-order valence-corrected chi connectivity index (χ1v) is 8.13. The number of halogens is 2. The molecule has 0 spiro atoms. The van der Waals surface area contributed by atoms with Gasteiger partial charge in [-0.3, -0.25) is 14.3 Å². The van der Waals surface area contributed by atoms with Crippen LogP contribution in [-0.2, 0) is 13.6 Å². The number of benzene rings is 1. The van der Waals surface area contributed by atoms with Crippen molar-refractivity contribution in [1.29, 1.82) is 0 Å². The topological polar surface area (TPSA) is 98.4 Å². The number of anilines is 1. The fraction of sp³-hybridized carbons (Fsp3) is 0.167. The van der Waals surface area contributed by atoms with Crippen LogP contribution in [0.2, 0.25) is 0 Å². The van der Waals surface area contributed by atoms with Crippen molar-refractivity contribution in [3.63, 3.8) is 0 Å². The molecular formula is C18H16F2N4O4. The minimum atomic E-state index is -2.95. The van der Waals surface area contributed by atoms with Crippen LogP contribution in [0.3, 0.4) is 0 Å². The van der Waals surface area contributed by atoms with E-state index in [2.05, 4.69) is 20.5 Å². The summed E-state index contributed by atoms with van der Waals surface area (Å²) in [5, 5.41) is 9.29. The summed E-state index contributed by atoms with van der Waals surface area (Å²) in [5.41, 5.74) is 0.435. The average Bonchev–Trinajstić information content (AvgIpc) is 3.29. The molecule has 2 N–H and O–H groups in total. The molecule has 0 atom stereocenters. The zero-order valence-corrected chi connectivity index (χ0v) is 14.7. The molecular weight excluding hydrogens is 374 g/mol. The molecule has 3 rings (SSSR count). The molecule has 0 saturated heterocycles. The molecule has 146 valence electrons. The van der Waals surface area contributed by atoms with Crippen molar-refractivity contribution in [2.75, 3.05) is 5.32 Å². The fourth-order valence-corrected chi connectivity index (χ4v) is 2.39. The monoisotopic (exact) mass is 390 g/mol. The number of nitrogens with one attached hydrogen (secondary N) is 2.